The Hall–Kier alpha value is -3.33. The van der Waals surface area contributed by atoms with Crippen LogP contribution in [0.1, 0.15) is 22.6 Å². The number of ether oxygens (including phenoxy) is 1. The van der Waals surface area contributed by atoms with Gasteiger partial charge in [0.25, 0.3) is 5.91 Å². The number of aromatic nitrogens is 3. The van der Waals surface area contributed by atoms with Crippen LogP contribution in [-0.4, -0.2) is 27.6 Å². The van der Waals surface area contributed by atoms with Crippen molar-refractivity contribution in [1.29, 1.82) is 0 Å². The summed E-state index contributed by atoms with van der Waals surface area (Å²) in [7, 11) is 1.52. The molecule has 0 fully saturated rings. The molecule has 0 aliphatic heterocycles. The van der Waals surface area contributed by atoms with E-state index in [0.29, 0.717) is 38.0 Å². The summed E-state index contributed by atoms with van der Waals surface area (Å²) < 4.78 is 33.5. The van der Waals surface area contributed by atoms with E-state index < -0.39 is 6.55 Å². The molecule has 29 heavy (non-hydrogen) atoms. The molecule has 2 heterocycles. The van der Waals surface area contributed by atoms with E-state index in [2.05, 4.69) is 15.3 Å². The number of benzene rings is 2. The van der Waals surface area contributed by atoms with Crippen LogP contribution in [0.25, 0.3) is 21.7 Å². The van der Waals surface area contributed by atoms with Crippen LogP contribution in [0.15, 0.2) is 48.5 Å². The van der Waals surface area contributed by atoms with E-state index in [1.165, 1.54) is 7.11 Å². The molecule has 0 saturated heterocycles. The number of halogens is 2. The standard InChI is InChI=1S/C20H16F2N4O2S/c1-11-16(17-24-14-8-3-4-9-15(14)26(17)19(21)22)29-20(23-11)25-18(27)12-6-5-7-13(10-12)28-2/h3-10,19H,1-2H3,(H,23,25,27). The first-order valence-electron chi connectivity index (χ1n) is 8.66. The van der Waals surface area contributed by atoms with Crippen molar-refractivity contribution in [3.05, 3.63) is 59.8 Å². The monoisotopic (exact) mass is 414 g/mol. The van der Waals surface area contributed by atoms with Gasteiger partial charge in [-0.25, -0.2) is 9.97 Å². The predicted octanol–water partition coefficient (Wildman–Crippen LogP) is 5.12. The zero-order valence-electron chi connectivity index (χ0n) is 15.5. The molecule has 148 valence electrons. The van der Waals surface area contributed by atoms with Gasteiger partial charge in [-0.3, -0.25) is 14.7 Å². The summed E-state index contributed by atoms with van der Waals surface area (Å²) in [6.45, 7) is -1.06. The highest BCUT2D eigenvalue weighted by Gasteiger charge is 2.23. The summed E-state index contributed by atoms with van der Waals surface area (Å²) in [6, 6.07) is 13.4. The minimum Gasteiger partial charge on any atom is -0.497 e. The molecule has 2 aromatic heterocycles. The fourth-order valence-corrected chi connectivity index (χ4v) is 3.94. The fraction of sp³-hybridized carbons (Fsp3) is 0.150. The number of fused-ring (bicyclic) bond motifs is 1. The predicted molar refractivity (Wildman–Crippen MR) is 108 cm³/mol. The van der Waals surface area contributed by atoms with Crippen molar-refractivity contribution in [2.45, 2.75) is 13.5 Å². The molecule has 6 nitrogen and oxygen atoms in total. The van der Waals surface area contributed by atoms with Crippen molar-refractivity contribution >= 4 is 33.4 Å². The minimum absolute atomic E-state index is 0.123. The van der Waals surface area contributed by atoms with Crippen molar-refractivity contribution in [3.63, 3.8) is 0 Å². The molecule has 0 unspecified atom stereocenters. The third-order valence-electron chi connectivity index (χ3n) is 4.34. The number of aryl methyl sites for hydroxylation is 1. The number of hydrogen-bond donors (Lipinski definition) is 1. The lowest BCUT2D eigenvalue weighted by molar-refractivity contribution is 0.0764. The average molecular weight is 414 g/mol. The first-order valence-corrected chi connectivity index (χ1v) is 9.48. The molecule has 0 radical (unpaired) electrons. The van der Waals surface area contributed by atoms with Gasteiger partial charge in [0.15, 0.2) is 11.0 Å². The van der Waals surface area contributed by atoms with Crippen molar-refractivity contribution < 1.29 is 18.3 Å². The number of carbonyl (C=O) groups excluding carboxylic acids is 1. The quantitative estimate of drug-likeness (QED) is 0.492. The number of para-hydroxylation sites is 2. The van der Waals surface area contributed by atoms with E-state index >= 15 is 0 Å². The van der Waals surface area contributed by atoms with Crippen LogP contribution in [-0.2, 0) is 0 Å². The number of hydrogen-bond acceptors (Lipinski definition) is 5. The average Bonchev–Trinajstić information content (AvgIpc) is 3.27. The van der Waals surface area contributed by atoms with Gasteiger partial charge in [-0.15, -0.1) is 0 Å². The van der Waals surface area contributed by atoms with E-state index in [9.17, 15) is 13.6 Å². The highest BCUT2D eigenvalue weighted by Crippen LogP contribution is 2.36. The van der Waals surface area contributed by atoms with Crippen molar-refractivity contribution in [1.82, 2.24) is 14.5 Å². The molecule has 1 N–H and O–H groups in total. The van der Waals surface area contributed by atoms with E-state index in [0.717, 1.165) is 15.9 Å². The number of anilines is 1. The van der Waals surface area contributed by atoms with Crippen molar-refractivity contribution in [2.75, 3.05) is 12.4 Å². The second-order valence-corrected chi connectivity index (χ2v) is 7.19. The Bertz CT molecular complexity index is 1200. The molecule has 0 aliphatic rings. The number of carbonyl (C=O) groups is 1. The number of alkyl halides is 2. The van der Waals surface area contributed by atoms with E-state index in [1.807, 2.05) is 0 Å². The molecular weight excluding hydrogens is 398 g/mol. The Balaban J connectivity index is 1.69. The van der Waals surface area contributed by atoms with Gasteiger partial charge in [-0.05, 0) is 37.3 Å². The Morgan fingerprint density at radius 2 is 1.97 bits per heavy atom. The summed E-state index contributed by atoms with van der Waals surface area (Å²) in [5.41, 5.74) is 1.72. The smallest absolute Gasteiger partial charge is 0.320 e. The maximum absolute atomic E-state index is 13.7. The van der Waals surface area contributed by atoms with Crippen molar-refractivity contribution in [2.24, 2.45) is 0 Å². The minimum atomic E-state index is -2.76. The lowest BCUT2D eigenvalue weighted by Crippen LogP contribution is -2.11. The molecule has 0 spiro atoms. The summed E-state index contributed by atoms with van der Waals surface area (Å²) >= 11 is 1.10. The molecule has 4 aromatic rings. The fourth-order valence-electron chi connectivity index (χ4n) is 2.99. The SMILES string of the molecule is COc1cccc(C(=O)Nc2nc(C)c(-c3nc4ccccc4n3C(F)F)s2)c1. The largest absolute Gasteiger partial charge is 0.497 e. The van der Waals surface area contributed by atoms with Gasteiger partial charge in [0.1, 0.15) is 5.75 Å². The van der Waals surface area contributed by atoms with Gasteiger partial charge < -0.3 is 4.74 Å². The maximum Gasteiger partial charge on any atom is 0.320 e. The van der Waals surface area contributed by atoms with Crippen LogP contribution in [0.5, 0.6) is 5.75 Å². The zero-order chi connectivity index (χ0) is 20.5. The third kappa shape index (κ3) is 3.56. The molecule has 1 amide bonds. The van der Waals surface area contributed by atoms with Crippen LogP contribution in [0, 0.1) is 6.92 Å². The van der Waals surface area contributed by atoms with Crippen LogP contribution in [0.2, 0.25) is 0 Å². The van der Waals surface area contributed by atoms with Crippen LogP contribution >= 0.6 is 11.3 Å². The van der Waals surface area contributed by atoms with E-state index in [-0.39, 0.29) is 11.7 Å². The number of amides is 1. The van der Waals surface area contributed by atoms with Crippen molar-refractivity contribution in [3.8, 4) is 16.5 Å². The van der Waals surface area contributed by atoms with Crippen LogP contribution in [0.4, 0.5) is 13.9 Å². The van der Waals surface area contributed by atoms with Crippen LogP contribution < -0.4 is 10.1 Å². The molecule has 0 atom stereocenters. The number of imidazole rings is 1. The molecule has 4 rings (SSSR count). The highest BCUT2D eigenvalue weighted by atomic mass is 32.1. The molecule has 2 aromatic carbocycles. The normalized spacial score (nSPS) is 11.2. The Labute approximate surface area is 168 Å². The number of methoxy groups -OCH3 is 1. The number of nitrogens with zero attached hydrogens (tertiary/aromatic N) is 3. The van der Waals surface area contributed by atoms with Gasteiger partial charge in [-0.1, -0.05) is 29.5 Å². The summed E-state index contributed by atoms with van der Waals surface area (Å²) in [5.74, 6) is 0.309. The maximum atomic E-state index is 13.7. The first-order chi connectivity index (χ1) is 14.0. The number of thiazole rings is 1. The Kier molecular flexibility index (Phi) is 4.98. The molecule has 9 heteroatoms. The third-order valence-corrected chi connectivity index (χ3v) is 5.41. The Morgan fingerprint density at radius 3 is 2.72 bits per heavy atom. The summed E-state index contributed by atoms with van der Waals surface area (Å²) in [4.78, 5) is 21.7. The van der Waals surface area contributed by atoms with Gasteiger partial charge in [0.05, 0.1) is 28.7 Å². The van der Waals surface area contributed by atoms with Crippen LogP contribution in [0.3, 0.4) is 0 Å². The van der Waals surface area contributed by atoms with Gasteiger partial charge in [0, 0.05) is 5.56 Å². The summed E-state index contributed by atoms with van der Waals surface area (Å²) in [6.07, 6.45) is 0. The second kappa shape index (κ2) is 7.59. The first kappa shape index (κ1) is 19.0. The lowest BCUT2D eigenvalue weighted by Gasteiger charge is -2.06. The lowest BCUT2D eigenvalue weighted by atomic mass is 10.2. The van der Waals surface area contributed by atoms with E-state index in [4.69, 9.17) is 4.74 Å². The topological polar surface area (TPSA) is 69.0 Å². The highest BCUT2D eigenvalue weighted by molar-refractivity contribution is 7.19. The number of nitrogens with one attached hydrogen (secondary N) is 1. The van der Waals surface area contributed by atoms with Gasteiger partial charge >= 0.3 is 6.55 Å². The van der Waals surface area contributed by atoms with Gasteiger partial charge in [-0.2, -0.15) is 8.78 Å². The van der Waals surface area contributed by atoms with E-state index in [1.54, 1.807) is 55.5 Å². The Morgan fingerprint density at radius 1 is 1.17 bits per heavy atom. The van der Waals surface area contributed by atoms with Gasteiger partial charge in [0.2, 0.25) is 0 Å². The number of rotatable bonds is 5. The molecular formula is C20H16F2N4O2S. The summed E-state index contributed by atoms with van der Waals surface area (Å²) in [5, 5.41) is 3.02. The zero-order valence-corrected chi connectivity index (χ0v) is 16.3. The second-order valence-electron chi connectivity index (χ2n) is 6.19. The molecule has 0 aliphatic carbocycles. The molecule has 0 saturated carbocycles. The molecule has 0 bridgehead atoms.